The molecule has 0 atom stereocenters. The first-order valence-corrected chi connectivity index (χ1v) is 8.37. The Bertz CT molecular complexity index is 802. The molecule has 0 amide bonds. The van der Waals surface area contributed by atoms with Gasteiger partial charge in [-0.15, -0.1) is 0 Å². The van der Waals surface area contributed by atoms with Crippen molar-refractivity contribution < 1.29 is 4.92 Å². The molecule has 2 heterocycles. The molecular weight excluding hydrogens is 320 g/mol. The highest BCUT2D eigenvalue weighted by atomic mass is 16.6. The topological polar surface area (TPSA) is 110 Å². The molecule has 3 rings (SSSR count). The number of nitrogens with zero attached hydrogens (tertiary/aromatic N) is 4. The molecule has 2 aromatic rings. The molecule has 0 bridgehead atoms. The first-order chi connectivity index (χ1) is 12.0. The van der Waals surface area contributed by atoms with Crippen LogP contribution >= 0.6 is 0 Å². The minimum Gasteiger partial charge on any atom is -0.378 e. The Morgan fingerprint density at radius 3 is 2.52 bits per heavy atom. The quantitative estimate of drug-likeness (QED) is 0.647. The zero-order valence-electron chi connectivity index (χ0n) is 14.5. The van der Waals surface area contributed by atoms with Gasteiger partial charge in [-0.1, -0.05) is 6.07 Å². The summed E-state index contributed by atoms with van der Waals surface area (Å²) in [5, 5.41) is 14.5. The molecular formula is C17H22N6O2. The van der Waals surface area contributed by atoms with Crippen LogP contribution in [0.3, 0.4) is 0 Å². The zero-order chi connectivity index (χ0) is 18.0. The van der Waals surface area contributed by atoms with E-state index in [0.717, 1.165) is 42.7 Å². The van der Waals surface area contributed by atoms with Crippen molar-refractivity contribution >= 4 is 29.0 Å². The maximum atomic E-state index is 11.4. The summed E-state index contributed by atoms with van der Waals surface area (Å²) in [6, 6.07) is 5.75. The van der Waals surface area contributed by atoms with Crippen molar-refractivity contribution in [3.8, 4) is 0 Å². The normalized spacial score (nSPS) is 14.4. The van der Waals surface area contributed by atoms with Crippen LogP contribution in [-0.4, -0.2) is 28.0 Å². The highest BCUT2D eigenvalue weighted by Gasteiger charge is 2.25. The fraction of sp³-hybridized carbons (Fsp3) is 0.412. The summed E-state index contributed by atoms with van der Waals surface area (Å²) < 4.78 is 0. The Kier molecular flexibility index (Phi) is 4.69. The molecule has 0 aliphatic carbocycles. The van der Waals surface area contributed by atoms with Crippen molar-refractivity contribution in [2.24, 2.45) is 0 Å². The molecule has 0 radical (unpaired) electrons. The predicted octanol–water partition coefficient (Wildman–Crippen LogP) is 3.32. The number of hydrogen-bond acceptors (Lipinski definition) is 7. The van der Waals surface area contributed by atoms with E-state index in [1.165, 1.54) is 6.42 Å². The molecule has 25 heavy (non-hydrogen) atoms. The van der Waals surface area contributed by atoms with E-state index >= 15 is 0 Å². The lowest BCUT2D eigenvalue weighted by atomic mass is 10.1. The summed E-state index contributed by atoms with van der Waals surface area (Å²) >= 11 is 0. The van der Waals surface area contributed by atoms with Gasteiger partial charge in [0.25, 0.3) is 0 Å². The molecule has 132 valence electrons. The van der Waals surface area contributed by atoms with Crippen molar-refractivity contribution in [2.45, 2.75) is 33.1 Å². The highest BCUT2D eigenvalue weighted by Crippen LogP contribution is 2.33. The molecule has 1 aliphatic rings. The molecule has 1 aromatic carbocycles. The van der Waals surface area contributed by atoms with Crippen LogP contribution in [0, 0.1) is 24.0 Å². The van der Waals surface area contributed by atoms with Gasteiger partial charge in [-0.2, -0.15) is 9.97 Å². The van der Waals surface area contributed by atoms with Crippen LogP contribution < -0.4 is 16.0 Å². The maximum Gasteiger partial charge on any atom is 0.353 e. The second-order valence-corrected chi connectivity index (χ2v) is 6.33. The molecule has 0 saturated carbocycles. The standard InChI is InChI=1S/C17H22N6O2/c1-11-6-7-13(10-12(11)2)19-16-14(23(24)25)15(18)20-17(21-16)22-8-4-3-5-9-22/h6-7,10H,3-5,8-9H2,1-2H3,(H3,18,19,20,21). The van der Waals surface area contributed by atoms with Crippen LogP contribution in [0.2, 0.25) is 0 Å². The molecule has 0 unspecified atom stereocenters. The van der Waals surface area contributed by atoms with E-state index in [1.54, 1.807) is 0 Å². The molecule has 1 aliphatic heterocycles. The second-order valence-electron chi connectivity index (χ2n) is 6.33. The van der Waals surface area contributed by atoms with Crippen molar-refractivity contribution in [1.82, 2.24) is 9.97 Å². The first kappa shape index (κ1) is 16.9. The van der Waals surface area contributed by atoms with E-state index in [9.17, 15) is 10.1 Å². The van der Waals surface area contributed by atoms with Crippen molar-refractivity contribution in [2.75, 3.05) is 29.0 Å². The fourth-order valence-corrected chi connectivity index (χ4v) is 2.92. The predicted molar refractivity (Wildman–Crippen MR) is 98.4 cm³/mol. The number of aromatic nitrogens is 2. The van der Waals surface area contributed by atoms with Crippen LogP contribution in [0.5, 0.6) is 0 Å². The average molecular weight is 342 g/mol. The van der Waals surface area contributed by atoms with Gasteiger partial charge in [0.15, 0.2) is 0 Å². The average Bonchev–Trinajstić information content (AvgIpc) is 2.58. The Morgan fingerprint density at radius 1 is 1.16 bits per heavy atom. The lowest BCUT2D eigenvalue weighted by Crippen LogP contribution is -2.31. The van der Waals surface area contributed by atoms with E-state index in [2.05, 4.69) is 15.3 Å². The number of nitrogens with two attached hydrogens (primary N) is 1. The van der Waals surface area contributed by atoms with Gasteiger partial charge >= 0.3 is 5.69 Å². The highest BCUT2D eigenvalue weighted by molar-refractivity contribution is 5.74. The van der Waals surface area contributed by atoms with Crippen LogP contribution in [-0.2, 0) is 0 Å². The third-order valence-corrected chi connectivity index (χ3v) is 4.49. The summed E-state index contributed by atoms with van der Waals surface area (Å²) in [5.41, 5.74) is 8.55. The van der Waals surface area contributed by atoms with Gasteiger partial charge in [0, 0.05) is 18.8 Å². The lowest BCUT2D eigenvalue weighted by Gasteiger charge is -2.27. The van der Waals surface area contributed by atoms with Gasteiger partial charge in [-0.05, 0) is 56.4 Å². The SMILES string of the molecule is Cc1ccc(Nc2nc(N3CCCCC3)nc(N)c2[N+](=O)[O-])cc1C. The summed E-state index contributed by atoms with van der Waals surface area (Å²) in [6.45, 7) is 5.67. The van der Waals surface area contributed by atoms with Crippen LogP contribution in [0.1, 0.15) is 30.4 Å². The number of anilines is 4. The Hall–Kier alpha value is -2.90. The number of nitrogens with one attached hydrogen (secondary N) is 1. The monoisotopic (exact) mass is 342 g/mol. The summed E-state index contributed by atoms with van der Waals surface area (Å²) in [5.74, 6) is 0.447. The maximum absolute atomic E-state index is 11.4. The fourth-order valence-electron chi connectivity index (χ4n) is 2.92. The lowest BCUT2D eigenvalue weighted by molar-refractivity contribution is -0.383. The minimum absolute atomic E-state index is 0.119. The molecule has 8 heteroatoms. The number of aryl methyl sites for hydroxylation is 2. The molecule has 0 spiro atoms. The van der Waals surface area contributed by atoms with Crippen molar-refractivity contribution in [1.29, 1.82) is 0 Å². The van der Waals surface area contributed by atoms with E-state index in [-0.39, 0.29) is 17.3 Å². The molecule has 8 nitrogen and oxygen atoms in total. The van der Waals surface area contributed by atoms with Gasteiger partial charge in [0.1, 0.15) is 0 Å². The van der Waals surface area contributed by atoms with Crippen LogP contribution in [0.4, 0.5) is 29.0 Å². The molecule has 1 aromatic heterocycles. The zero-order valence-corrected chi connectivity index (χ0v) is 14.5. The first-order valence-electron chi connectivity index (χ1n) is 8.37. The van der Waals surface area contributed by atoms with Crippen molar-refractivity contribution in [3.05, 3.63) is 39.4 Å². The van der Waals surface area contributed by atoms with Crippen LogP contribution in [0.15, 0.2) is 18.2 Å². The van der Waals surface area contributed by atoms with E-state index in [1.807, 2.05) is 36.9 Å². The Balaban J connectivity index is 2.00. The van der Waals surface area contributed by atoms with Gasteiger partial charge in [0.05, 0.1) is 4.92 Å². The van der Waals surface area contributed by atoms with E-state index < -0.39 is 4.92 Å². The number of piperidine rings is 1. The molecule has 1 fully saturated rings. The largest absolute Gasteiger partial charge is 0.378 e. The number of rotatable bonds is 4. The molecule has 1 saturated heterocycles. The Labute approximate surface area is 146 Å². The molecule has 3 N–H and O–H groups in total. The van der Waals surface area contributed by atoms with Crippen LogP contribution in [0.25, 0.3) is 0 Å². The minimum atomic E-state index is -0.543. The number of nitrogen functional groups attached to an aromatic ring is 1. The third kappa shape index (κ3) is 3.62. The summed E-state index contributed by atoms with van der Waals surface area (Å²) in [4.78, 5) is 21.5. The Morgan fingerprint density at radius 2 is 1.88 bits per heavy atom. The number of nitro groups is 1. The number of hydrogen-bond donors (Lipinski definition) is 2. The summed E-state index contributed by atoms with van der Waals surface area (Å²) in [6.07, 6.45) is 3.28. The van der Waals surface area contributed by atoms with E-state index in [0.29, 0.717) is 5.95 Å². The number of benzene rings is 1. The van der Waals surface area contributed by atoms with Crippen molar-refractivity contribution in [3.63, 3.8) is 0 Å². The van der Waals surface area contributed by atoms with Gasteiger partial charge < -0.3 is 16.0 Å². The summed E-state index contributed by atoms with van der Waals surface area (Å²) in [7, 11) is 0. The third-order valence-electron chi connectivity index (χ3n) is 4.49. The van der Waals surface area contributed by atoms with Gasteiger partial charge in [0.2, 0.25) is 17.6 Å². The van der Waals surface area contributed by atoms with E-state index in [4.69, 9.17) is 5.73 Å². The van der Waals surface area contributed by atoms with Gasteiger partial charge in [-0.25, -0.2) is 0 Å². The van der Waals surface area contributed by atoms with Gasteiger partial charge in [-0.3, -0.25) is 10.1 Å². The second kappa shape index (κ2) is 6.92. The smallest absolute Gasteiger partial charge is 0.353 e.